The van der Waals surface area contributed by atoms with E-state index in [2.05, 4.69) is 32.6 Å². The van der Waals surface area contributed by atoms with Crippen molar-refractivity contribution in [3.05, 3.63) is 0 Å². The van der Waals surface area contributed by atoms with Crippen LogP contribution in [0.25, 0.3) is 0 Å². The third-order valence-electron chi connectivity index (χ3n) is 3.29. The van der Waals surface area contributed by atoms with Gasteiger partial charge in [0.1, 0.15) is 0 Å². The molecule has 2 nitrogen and oxygen atoms in total. The van der Waals surface area contributed by atoms with Crippen LogP contribution >= 0.6 is 0 Å². The summed E-state index contributed by atoms with van der Waals surface area (Å²) in [6.45, 7) is 12.5. The normalized spacial score (nSPS) is 30.4. The van der Waals surface area contributed by atoms with Crippen LogP contribution in [-0.2, 0) is 4.74 Å². The molecule has 1 aliphatic heterocycles. The Bertz CT molecular complexity index is 162. The first-order valence-corrected chi connectivity index (χ1v) is 6.53. The molecule has 0 aliphatic carbocycles. The van der Waals surface area contributed by atoms with Gasteiger partial charge in [0, 0.05) is 19.6 Å². The molecular formula is C13H27NO. The largest absolute Gasteiger partial charge is 0.373 e. The molecule has 0 amide bonds. The van der Waals surface area contributed by atoms with Gasteiger partial charge in [-0.3, -0.25) is 4.90 Å². The Balaban J connectivity index is 2.35. The van der Waals surface area contributed by atoms with Gasteiger partial charge >= 0.3 is 0 Å². The summed E-state index contributed by atoms with van der Waals surface area (Å²) in [4.78, 5) is 2.59. The highest BCUT2D eigenvalue weighted by atomic mass is 16.5. The van der Waals surface area contributed by atoms with Crippen molar-refractivity contribution in [2.45, 2.75) is 59.2 Å². The molecule has 3 atom stereocenters. The minimum absolute atomic E-state index is 0.410. The summed E-state index contributed by atoms with van der Waals surface area (Å²) in [7, 11) is 0. The molecule has 15 heavy (non-hydrogen) atoms. The van der Waals surface area contributed by atoms with Gasteiger partial charge in [0.05, 0.1) is 12.2 Å². The fraction of sp³-hybridized carbons (Fsp3) is 1.00. The summed E-state index contributed by atoms with van der Waals surface area (Å²) < 4.78 is 5.75. The van der Waals surface area contributed by atoms with Crippen molar-refractivity contribution < 1.29 is 4.74 Å². The van der Waals surface area contributed by atoms with Gasteiger partial charge in [-0.2, -0.15) is 0 Å². The van der Waals surface area contributed by atoms with E-state index in [0.717, 1.165) is 19.0 Å². The SMILES string of the molecule is CCCC(CC)CN1C[C@@H](C)O[C@@H](C)C1. The zero-order chi connectivity index (χ0) is 11.3. The lowest BCUT2D eigenvalue weighted by Crippen LogP contribution is -2.47. The van der Waals surface area contributed by atoms with Crippen LogP contribution in [0.4, 0.5) is 0 Å². The van der Waals surface area contributed by atoms with E-state index in [4.69, 9.17) is 4.74 Å². The summed E-state index contributed by atoms with van der Waals surface area (Å²) in [6.07, 6.45) is 4.82. The van der Waals surface area contributed by atoms with Crippen molar-refractivity contribution in [3.63, 3.8) is 0 Å². The van der Waals surface area contributed by atoms with Gasteiger partial charge in [0.25, 0.3) is 0 Å². The standard InChI is InChI=1S/C13H27NO/c1-5-7-13(6-2)10-14-8-11(3)15-12(4)9-14/h11-13H,5-10H2,1-4H3/t11-,12+,13?. The van der Waals surface area contributed by atoms with Gasteiger partial charge in [-0.25, -0.2) is 0 Å². The maximum atomic E-state index is 5.75. The van der Waals surface area contributed by atoms with Crippen LogP contribution in [0, 0.1) is 5.92 Å². The highest BCUT2D eigenvalue weighted by Gasteiger charge is 2.23. The molecule has 0 radical (unpaired) electrons. The molecule has 0 aromatic rings. The van der Waals surface area contributed by atoms with Crippen LogP contribution in [0.15, 0.2) is 0 Å². The van der Waals surface area contributed by atoms with Gasteiger partial charge in [-0.1, -0.05) is 26.7 Å². The van der Waals surface area contributed by atoms with Gasteiger partial charge in [-0.05, 0) is 26.2 Å². The van der Waals surface area contributed by atoms with E-state index >= 15 is 0 Å². The van der Waals surface area contributed by atoms with Crippen LogP contribution in [0.1, 0.15) is 47.0 Å². The molecule has 0 bridgehead atoms. The zero-order valence-electron chi connectivity index (χ0n) is 10.8. The third-order valence-corrected chi connectivity index (χ3v) is 3.29. The predicted molar refractivity (Wildman–Crippen MR) is 65.1 cm³/mol. The number of ether oxygens (including phenoxy) is 1. The minimum atomic E-state index is 0.410. The van der Waals surface area contributed by atoms with E-state index in [9.17, 15) is 0 Å². The van der Waals surface area contributed by atoms with Gasteiger partial charge in [0.15, 0.2) is 0 Å². The second-order valence-corrected chi connectivity index (χ2v) is 5.04. The lowest BCUT2D eigenvalue weighted by atomic mass is 9.99. The van der Waals surface area contributed by atoms with Crippen molar-refractivity contribution in [2.24, 2.45) is 5.92 Å². The van der Waals surface area contributed by atoms with Crippen molar-refractivity contribution in [2.75, 3.05) is 19.6 Å². The third kappa shape index (κ3) is 4.52. The van der Waals surface area contributed by atoms with Crippen molar-refractivity contribution >= 4 is 0 Å². The average molecular weight is 213 g/mol. The molecule has 1 aliphatic rings. The smallest absolute Gasteiger partial charge is 0.0678 e. The van der Waals surface area contributed by atoms with Crippen LogP contribution < -0.4 is 0 Å². The molecule has 0 aromatic heterocycles. The second kappa shape index (κ2) is 6.49. The summed E-state index contributed by atoms with van der Waals surface area (Å²) in [5.74, 6) is 0.882. The first kappa shape index (κ1) is 13.0. The van der Waals surface area contributed by atoms with Crippen molar-refractivity contribution in [1.82, 2.24) is 4.90 Å². The predicted octanol–water partition coefficient (Wildman–Crippen LogP) is 2.92. The number of morpholine rings is 1. The second-order valence-electron chi connectivity index (χ2n) is 5.04. The summed E-state index contributed by atoms with van der Waals surface area (Å²) in [5, 5.41) is 0. The van der Waals surface area contributed by atoms with E-state index in [1.165, 1.54) is 25.8 Å². The Labute approximate surface area is 95.0 Å². The lowest BCUT2D eigenvalue weighted by Gasteiger charge is -2.37. The van der Waals surface area contributed by atoms with E-state index in [0.29, 0.717) is 12.2 Å². The highest BCUT2D eigenvalue weighted by molar-refractivity contribution is 4.75. The molecular weight excluding hydrogens is 186 g/mol. The lowest BCUT2D eigenvalue weighted by molar-refractivity contribution is -0.0717. The van der Waals surface area contributed by atoms with Crippen molar-refractivity contribution in [3.8, 4) is 0 Å². The average Bonchev–Trinajstić information content (AvgIpc) is 2.15. The van der Waals surface area contributed by atoms with Gasteiger partial charge in [-0.15, -0.1) is 0 Å². The molecule has 0 aromatic carbocycles. The molecule has 0 N–H and O–H groups in total. The highest BCUT2D eigenvalue weighted by Crippen LogP contribution is 2.17. The van der Waals surface area contributed by atoms with Crippen molar-refractivity contribution in [1.29, 1.82) is 0 Å². The summed E-state index contributed by atoms with van der Waals surface area (Å²) >= 11 is 0. The maximum Gasteiger partial charge on any atom is 0.0678 e. The zero-order valence-corrected chi connectivity index (χ0v) is 10.8. The Morgan fingerprint density at radius 1 is 1.20 bits per heavy atom. The Morgan fingerprint density at radius 3 is 2.27 bits per heavy atom. The fourth-order valence-electron chi connectivity index (χ4n) is 2.63. The minimum Gasteiger partial charge on any atom is -0.373 e. The van der Waals surface area contributed by atoms with E-state index in [-0.39, 0.29) is 0 Å². The van der Waals surface area contributed by atoms with Crippen LogP contribution in [0.3, 0.4) is 0 Å². The molecule has 1 heterocycles. The summed E-state index contributed by atoms with van der Waals surface area (Å²) in [6, 6.07) is 0. The topological polar surface area (TPSA) is 12.5 Å². The molecule has 1 saturated heterocycles. The Hall–Kier alpha value is -0.0800. The van der Waals surface area contributed by atoms with Crippen LogP contribution in [0.2, 0.25) is 0 Å². The number of rotatable bonds is 5. The number of hydrogen-bond acceptors (Lipinski definition) is 2. The Kier molecular flexibility index (Phi) is 5.62. The first-order valence-electron chi connectivity index (χ1n) is 6.53. The Morgan fingerprint density at radius 2 is 1.80 bits per heavy atom. The van der Waals surface area contributed by atoms with E-state index in [1.807, 2.05) is 0 Å². The van der Waals surface area contributed by atoms with Crippen LogP contribution in [-0.4, -0.2) is 36.7 Å². The number of hydrogen-bond donors (Lipinski definition) is 0. The number of nitrogens with zero attached hydrogens (tertiary/aromatic N) is 1. The molecule has 1 unspecified atom stereocenters. The molecule has 0 saturated carbocycles. The molecule has 2 heteroatoms. The first-order chi connectivity index (χ1) is 7.15. The monoisotopic (exact) mass is 213 g/mol. The quantitative estimate of drug-likeness (QED) is 0.696. The fourth-order valence-corrected chi connectivity index (χ4v) is 2.63. The molecule has 90 valence electrons. The summed E-state index contributed by atoms with van der Waals surface area (Å²) in [5.41, 5.74) is 0. The van der Waals surface area contributed by atoms with Crippen LogP contribution in [0.5, 0.6) is 0 Å². The molecule has 1 rings (SSSR count). The maximum absolute atomic E-state index is 5.75. The molecule has 1 fully saturated rings. The van der Waals surface area contributed by atoms with Gasteiger partial charge < -0.3 is 4.74 Å². The van der Waals surface area contributed by atoms with Gasteiger partial charge in [0.2, 0.25) is 0 Å². The van der Waals surface area contributed by atoms with E-state index in [1.54, 1.807) is 0 Å². The molecule has 0 spiro atoms. The van der Waals surface area contributed by atoms with E-state index < -0.39 is 0 Å².